The highest BCUT2D eigenvalue weighted by Crippen LogP contribution is 2.04. The van der Waals surface area contributed by atoms with Crippen molar-refractivity contribution in [3.8, 4) is 0 Å². The maximum atomic E-state index is 11.6. The number of likely N-dealkylation sites (N-methyl/N-ethyl adjacent to an activating group) is 2. The van der Waals surface area contributed by atoms with Gasteiger partial charge in [0.25, 0.3) is 0 Å². The van der Waals surface area contributed by atoms with E-state index in [0.29, 0.717) is 6.54 Å². The van der Waals surface area contributed by atoms with E-state index in [0.717, 1.165) is 0 Å². The molecule has 0 aliphatic rings. The highest BCUT2D eigenvalue weighted by molar-refractivity contribution is 5.81. The van der Waals surface area contributed by atoms with Crippen LogP contribution in [-0.2, 0) is 9.59 Å². The molecule has 88 valence electrons. The quantitative estimate of drug-likeness (QED) is 0.709. The zero-order chi connectivity index (χ0) is 12.2. The molecule has 0 spiro atoms. The van der Waals surface area contributed by atoms with E-state index in [4.69, 9.17) is 5.11 Å². The van der Waals surface area contributed by atoms with Crippen LogP contribution in [-0.4, -0.2) is 60.5 Å². The molecule has 0 aromatic rings. The Bertz CT molecular complexity index is 241. The van der Waals surface area contributed by atoms with E-state index in [9.17, 15) is 9.59 Å². The van der Waals surface area contributed by atoms with Gasteiger partial charge in [0.05, 0.1) is 12.0 Å². The molecule has 0 saturated carbocycles. The second kappa shape index (κ2) is 5.70. The number of amides is 1. The summed E-state index contributed by atoms with van der Waals surface area (Å²) in [7, 11) is 5.13. The molecule has 0 aromatic carbocycles. The summed E-state index contributed by atoms with van der Waals surface area (Å²) in [5.41, 5.74) is 0. The Morgan fingerprint density at radius 3 is 2.00 bits per heavy atom. The van der Waals surface area contributed by atoms with Gasteiger partial charge < -0.3 is 10.0 Å². The van der Waals surface area contributed by atoms with Gasteiger partial charge in [-0.2, -0.15) is 0 Å². The van der Waals surface area contributed by atoms with Gasteiger partial charge in [-0.1, -0.05) is 6.92 Å². The number of carbonyl (C=O) groups is 2. The number of aliphatic carboxylic acids is 1. The summed E-state index contributed by atoms with van der Waals surface area (Å²) in [6.45, 7) is 3.78. The first kappa shape index (κ1) is 13.9. The van der Waals surface area contributed by atoms with Crippen LogP contribution in [0.15, 0.2) is 0 Å². The van der Waals surface area contributed by atoms with Gasteiger partial charge in [-0.25, -0.2) is 0 Å². The number of hydrogen-bond donors (Lipinski definition) is 1. The fourth-order valence-electron chi connectivity index (χ4n) is 1.23. The molecule has 1 N–H and O–H groups in total. The summed E-state index contributed by atoms with van der Waals surface area (Å²) < 4.78 is 0. The van der Waals surface area contributed by atoms with Crippen LogP contribution in [0.1, 0.15) is 13.8 Å². The monoisotopic (exact) mass is 216 g/mol. The van der Waals surface area contributed by atoms with E-state index in [2.05, 4.69) is 0 Å². The third kappa shape index (κ3) is 4.29. The minimum absolute atomic E-state index is 0.0184. The third-order valence-corrected chi connectivity index (χ3v) is 2.44. The van der Waals surface area contributed by atoms with Crippen LogP contribution in [0.2, 0.25) is 0 Å². The number of nitrogens with zero attached hydrogens (tertiary/aromatic N) is 2. The molecule has 0 heterocycles. The largest absolute Gasteiger partial charge is 0.481 e. The van der Waals surface area contributed by atoms with Crippen molar-refractivity contribution in [1.29, 1.82) is 0 Å². The fourth-order valence-corrected chi connectivity index (χ4v) is 1.23. The maximum Gasteiger partial charge on any atom is 0.307 e. The summed E-state index contributed by atoms with van der Waals surface area (Å²) in [5.74, 6) is -1.33. The van der Waals surface area contributed by atoms with E-state index in [1.54, 1.807) is 39.9 Å². The van der Waals surface area contributed by atoms with E-state index in [1.807, 2.05) is 0 Å². The number of carboxylic acid groups (broad SMARTS) is 1. The summed E-state index contributed by atoms with van der Waals surface area (Å²) in [6, 6.07) is -0.290. The SMILES string of the molecule is CC(CN(C)C(C)C(=O)N(C)C)C(=O)O. The first-order chi connectivity index (χ1) is 6.77. The number of carboxylic acids is 1. The first-order valence-electron chi connectivity index (χ1n) is 4.91. The molecule has 0 fully saturated rings. The molecular formula is C10H20N2O3. The average molecular weight is 216 g/mol. The van der Waals surface area contributed by atoms with Gasteiger partial charge >= 0.3 is 5.97 Å². The minimum atomic E-state index is -0.841. The van der Waals surface area contributed by atoms with Gasteiger partial charge in [-0.05, 0) is 14.0 Å². The van der Waals surface area contributed by atoms with E-state index >= 15 is 0 Å². The molecule has 0 radical (unpaired) electrons. The zero-order valence-corrected chi connectivity index (χ0v) is 10.0. The van der Waals surface area contributed by atoms with Crippen molar-refractivity contribution in [2.24, 2.45) is 5.92 Å². The Labute approximate surface area is 90.7 Å². The molecule has 2 unspecified atom stereocenters. The molecule has 0 aliphatic heterocycles. The van der Waals surface area contributed by atoms with Crippen molar-refractivity contribution in [1.82, 2.24) is 9.80 Å². The van der Waals surface area contributed by atoms with Gasteiger partial charge in [0.2, 0.25) is 5.91 Å². The highest BCUT2D eigenvalue weighted by atomic mass is 16.4. The zero-order valence-electron chi connectivity index (χ0n) is 10.0. The molecule has 15 heavy (non-hydrogen) atoms. The van der Waals surface area contributed by atoms with Gasteiger partial charge in [0.15, 0.2) is 0 Å². The Morgan fingerprint density at radius 2 is 1.67 bits per heavy atom. The van der Waals surface area contributed by atoms with Gasteiger partial charge in [-0.3, -0.25) is 14.5 Å². The van der Waals surface area contributed by atoms with Crippen LogP contribution in [0.3, 0.4) is 0 Å². The van der Waals surface area contributed by atoms with Crippen molar-refractivity contribution in [3.05, 3.63) is 0 Å². The standard InChI is InChI=1S/C10H20N2O3/c1-7(10(14)15)6-12(5)8(2)9(13)11(3)4/h7-8H,6H2,1-5H3,(H,14,15). The van der Waals surface area contributed by atoms with Crippen LogP contribution in [0.25, 0.3) is 0 Å². The number of carbonyl (C=O) groups excluding carboxylic acids is 1. The number of hydrogen-bond acceptors (Lipinski definition) is 3. The Kier molecular flexibility index (Phi) is 5.28. The average Bonchev–Trinajstić information content (AvgIpc) is 2.14. The molecule has 1 amide bonds. The molecule has 0 aromatic heterocycles. The van der Waals surface area contributed by atoms with Crippen LogP contribution in [0.5, 0.6) is 0 Å². The lowest BCUT2D eigenvalue weighted by molar-refractivity contribution is -0.143. The second-order valence-corrected chi connectivity index (χ2v) is 4.09. The molecule has 5 heteroatoms. The summed E-state index contributed by atoms with van der Waals surface area (Å²) >= 11 is 0. The fraction of sp³-hybridized carbons (Fsp3) is 0.800. The second-order valence-electron chi connectivity index (χ2n) is 4.09. The molecule has 2 atom stereocenters. The molecule has 0 aliphatic carbocycles. The summed E-state index contributed by atoms with van der Waals surface area (Å²) in [5, 5.41) is 8.74. The maximum absolute atomic E-state index is 11.6. The lowest BCUT2D eigenvalue weighted by atomic mass is 10.1. The van der Waals surface area contributed by atoms with Gasteiger partial charge in [0, 0.05) is 20.6 Å². The highest BCUT2D eigenvalue weighted by Gasteiger charge is 2.22. The topological polar surface area (TPSA) is 60.9 Å². The molecule has 0 rings (SSSR count). The number of rotatable bonds is 5. The Morgan fingerprint density at radius 1 is 1.20 bits per heavy atom. The van der Waals surface area contributed by atoms with Crippen molar-refractivity contribution < 1.29 is 14.7 Å². The van der Waals surface area contributed by atoms with E-state index in [-0.39, 0.29) is 11.9 Å². The van der Waals surface area contributed by atoms with E-state index < -0.39 is 11.9 Å². The summed E-state index contributed by atoms with van der Waals surface area (Å²) in [4.78, 5) is 25.5. The summed E-state index contributed by atoms with van der Waals surface area (Å²) in [6.07, 6.45) is 0. The third-order valence-electron chi connectivity index (χ3n) is 2.44. The van der Waals surface area contributed by atoms with Crippen LogP contribution < -0.4 is 0 Å². The van der Waals surface area contributed by atoms with Gasteiger partial charge in [0.1, 0.15) is 0 Å². The van der Waals surface area contributed by atoms with Crippen LogP contribution in [0, 0.1) is 5.92 Å². The molecular weight excluding hydrogens is 196 g/mol. The Balaban J connectivity index is 4.27. The van der Waals surface area contributed by atoms with Crippen molar-refractivity contribution >= 4 is 11.9 Å². The molecule has 0 saturated heterocycles. The Hall–Kier alpha value is -1.10. The van der Waals surface area contributed by atoms with Crippen molar-refractivity contribution in [2.75, 3.05) is 27.7 Å². The van der Waals surface area contributed by atoms with Crippen molar-refractivity contribution in [3.63, 3.8) is 0 Å². The predicted octanol–water partition coefficient (Wildman–Crippen LogP) is 0.116. The molecule has 0 bridgehead atoms. The van der Waals surface area contributed by atoms with E-state index in [1.165, 1.54) is 4.90 Å². The first-order valence-corrected chi connectivity index (χ1v) is 4.91. The lowest BCUT2D eigenvalue weighted by Gasteiger charge is -2.27. The molecule has 5 nitrogen and oxygen atoms in total. The van der Waals surface area contributed by atoms with Crippen molar-refractivity contribution in [2.45, 2.75) is 19.9 Å². The smallest absolute Gasteiger partial charge is 0.307 e. The van der Waals surface area contributed by atoms with Gasteiger partial charge in [-0.15, -0.1) is 0 Å². The normalized spacial score (nSPS) is 14.8. The minimum Gasteiger partial charge on any atom is -0.481 e. The lowest BCUT2D eigenvalue weighted by Crippen LogP contribution is -2.44. The van der Waals surface area contributed by atoms with Crippen LogP contribution in [0.4, 0.5) is 0 Å². The van der Waals surface area contributed by atoms with Crippen LogP contribution >= 0.6 is 0 Å². The predicted molar refractivity (Wildman–Crippen MR) is 57.6 cm³/mol.